The molecule has 26 heavy (non-hydrogen) atoms. The Morgan fingerprint density at radius 2 is 1.54 bits per heavy atom. The fourth-order valence-electron chi connectivity index (χ4n) is 3.87. The number of anilines is 1. The van der Waals surface area contributed by atoms with E-state index < -0.39 is 11.6 Å². The molecule has 3 rings (SSSR count). The van der Waals surface area contributed by atoms with Crippen molar-refractivity contribution in [2.75, 3.05) is 57.3 Å². The number of hydrogen-bond acceptors (Lipinski definition) is 4. The largest absolute Gasteiger partial charge is 0.492 e. The zero-order valence-corrected chi connectivity index (χ0v) is 16.0. The first kappa shape index (κ1) is 19.4. The van der Waals surface area contributed by atoms with Gasteiger partial charge in [-0.2, -0.15) is 0 Å². The SMILES string of the molecule is CC(C)N1CCN(c2c(F)cc(OCCN3CCCCC3)cc2F)CC1. The minimum absolute atomic E-state index is 0.0804. The summed E-state index contributed by atoms with van der Waals surface area (Å²) < 4.78 is 34.7. The predicted octanol–water partition coefficient (Wildman–Crippen LogP) is 3.36. The van der Waals surface area contributed by atoms with Gasteiger partial charge in [-0.25, -0.2) is 8.78 Å². The van der Waals surface area contributed by atoms with E-state index in [9.17, 15) is 8.78 Å². The van der Waals surface area contributed by atoms with E-state index in [1.165, 1.54) is 31.4 Å². The zero-order chi connectivity index (χ0) is 18.5. The van der Waals surface area contributed by atoms with Gasteiger partial charge in [-0.3, -0.25) is 9.80 Å². The van der Waals surface area contributed by atoms with Gasteiger partial charge in [0.2, 0.25) is 0 Å². The van der Waals surface area contributed by atoms with E-state index in [-0.39, 0.29) is 11.4 Å². The van der Waals surface area contributed by atoms with Crippen LogP contribution in [0.15, 0.2) is 12.1 Å². The van der Waals surface area contributed by atoms with Crippen molar-refractivity contribution in [3.8, 4) is 5.75 Å². The molecular weight excluding hydrogens is 336 g/mol. The Morgan fingerprint density at radius 1 is 0.923 bits per heavy atom. The molecule has 6 heteroatoms. The van der Waals surface area contributed by atoms with Gasteiger partial charge in [0.05, 0.1) is 0 Å². The summed E-state index contributed by atoms with van der Waals surface area (Å²) in [5.74, 6) is -0.784. The van der Waals surface area contributed by atoms with Gasteiger partial charge < -0.3 is 9.64 Å². The van der Waals surface area contributed by atoms with E-state index in [2.05, 4.69) is 23.6 Å². The Hall–Kier alpha value is -1.40. The molecule has 0 unspecified atom stereocenters. The summed E-state index contributed by atoms with van der Waals surface area (Å²) >= 11 is 0. The van der Waals surface area contributed by atoms with Crippen LogP contribution in [0.5, 0.6) is 5.75 Å². The summed E-state index contributed by atoms with van der Waals surface area (Å²) in [6.45, 7) is 10.7. The fourth-order valence-corrected chi connectivity index (χ4v) is 3.87. The summed E-state index contributed by atoms with van der Waals surface area (Å²) in [6, 6.07) is 3.11. The van der Waals surface area contributed by atoms with Gasteiger partial charge in [0.15, 0.2) is 11.6 Å². The average molecular weight is 367 g/mol. The van der Waals surface area contributed by atoms with Crippen LogP contribution in [0.3, 0.4) is 0 Å². The Morgan fingerprint density at radius 3 is 2.12 bits per heavy atom. The first-order valence-corrected chi connectivity index (χ1v) is 9.88. The number of rotatable bonds is 6. The summed E-state index contributed by atoms with van der Waals surface area (Å²) in [4.78, 5) is 6.48. The second-order valence-electron chi connectivity index (χ2n) is 7.60. The van der Waals surface area contributed by atoms with E-state index in [1.807, 2.05) is 0 Å². The van der Waals surface area contributed by atoms with Crippen molar-refractivity contribution in [2.45, 2.75) is 39.2 Å². The second kappa shape index (κ2) is 9.00. The summed E-state index contributed by atoms with van der Waals surface area (Å²) in [6.07, 6.45) is 3.74. The Labute approximate surface area is 155 Å². The van der Waals surface area contributed by atoms with Crippen molar-refractivity contribution in [3.05, 3.63) is 23.8 Å². The maximum atomic E-state index is 14.5. The highest BCUT2D eigenvalue weighted by Crippen LogP contribution is 2.29. The Kier molecular flexibility index (Phi) is 6.70. The normalized spacial score (nSPS) is 20.0. The van der Waals surface area contributed by atoms with Gasteiger partial charge in [0.25, 0.3) is 0 Å². The van der Waals surface area contributed by atoms with Gasteiger partial charge >= 0.3 is 0 Å². The lowest BCUT2D eigenvalue weighted by Crippen LogP contribution is -2.49. The molecule has 0 amide bonds. The van der Waals surface area contributed by atoms with Crippen molar-refractivity contribution in [3.63, 3.8) is 0 Å². The van der Waals surface area contributed by atoms with Gasteiger partial charge in [-0.1, -0.05) is 6.42 Å². The van der Waals surface area contributed by atoms with Crippen LogP contribution in [0.1, 0.15) is 33.1 Å². The Balaban J connectivity index is 1.56. The van der Waals surface area contributed by atoms with Crippen LogP contribution in [0.25, 0.3) is 0 Å². The van der Waals surface area contributed by atoms with Crippen LogP contribution in [0, 0.1) is 11.6 Å². The van der Waals surface area contributed by atoms with Crippen LogP contribution >= 0.6 is 0 Å². The summed E-state index contributed by atoms with van der Waals surface area (Å²) in [5, 5.41) is 0. The molecule has 0 saturated carbocycles. The highest BCUT2D eigenvalue weighted by Gasteiger charge is 2.24. The van der Waals surface area contributed by atoms with Crippen LogP contribution in [0.4, 0.5) is 14.5 Å². The highest BCUT2D eigenvalue weighted by molar-refractivity contribution is 5.52. The molecule has 146 valence electrons. The van der Waals surface area contributed by atoms with Crippen molar-refractivity contribution in [2.24, 2.45) is 0 Å². The molecule has 2 saturated heterocycles. The first-order valence-electron chi connectivity index (χ1n) is 9.88. The third-order valence-electron chi connectivity index (χ3n) is 5.48. The molecule has 2 heterocycles. The lowest BCUT2D eigenvalue weighted by molar-refractivity contribution is 0.183. The standard InChI is InChI=1S/C20H31F2N3O/c1-16(2)24-8-10-25(11-9-24)20-18(21)14-17(15-19(20)22)26-13-12-23-6-4-3-5-7-23/h14-16H,3-13H2,1-2H3. The molecule has 0 aromatic heterocycles. The van der Waals surface area contributed by atoms with Crippen LogP contribution in [0.2, 0.25) is 0 Å². The maximum absolute atomic E-state index is 14.5. The molecule has 4 nitrogen and oxygen atoms in total. The number of hydrogen-bond donors (Lipinski definition) is 0. The molecule has 1 aromatic rings. The lowest BCUT2D eigenvalue weighted by Gasteiger charge is -2.38. The number of likely N-dealkylation sites (tertiary alicyclic amines) is 1. The quantitative estimate of drug-likeness (QED) is 0.767. The van der Waals surface area contributed by atoms with Crippen molar-refractivity contribution >= 4 is 5.69 Å². The molecule has 0 bridgehead atoms. The highest BCUT2D eigenvalue weighted by atomic mass is 19.1. The minimum atomic E-state index is -0.532. The smallest absolute Gasteiger partial charge is 0.153 e. The molecule has 2 fully saturated rings. The van der Waals surface area contributed by atoms with Gasteiger partial charge in [0.1, 0.15) is 18.0 Å². The molecule has 0 spiro atoms. The van der Waals surface area contributed by atoms with Gasteiger partial charge in [-0.05, 0) is 39.8 Å². The fraction of sp³-hybridized carbons (Fsp3) is 0.700. The third kappa shape index (κ3) is 4.86. The monoisotopic (exact) mass is 367 g/mol. The van der Waals surface area contributed by atoms with E-state index in [0.717, 1.165) is 32.7 Å². The van der Waals surface area contributed by atoms with Crippen molar-refractivity contribution < 1.29 is 13.5 Å². The molecule has 0 aliphatic carbocycles. The molecule has 0 N–H and O–H groups in total. The number of piperazine rings is 1. The molecule has 2 aliphatic rings. The molecule has 2 aliphatic heterocycles. The predicted molar refractivity (Wildman–Crippen MR) is 101 cm³/mol. The van der Waals surface area contributed by atoms with Crippen molar-refractivity contribution in [1.29, 1.82) is 0 Å². The first-order chi connectivity index (χ1) is 12.5. The van der Waals surface area contributed by atoms with Crippen LogP contribution < -0.4 is 9.64 Å². The number of halogens is 2. The van der Waals surface area contributed by atoms with Gasteiger partial charge in [0, 0.05) is 50.9 Å². The van der Waals surface area contributed by atoms with E-state index in [0.29, 0.717) is 25.7 Å². The van der Waals surface area contributed by atoms with Gasteiger partial charge in [-0.15, -0.1) is 0 Å². The maximum Gasteiger partial charge on any atom is 0.153 e. The molecular formula is C20H31F2N3O. The Bertz CT molecular complexity index is 559. The molecule has 0 atom stereocenters. The molecule has 0 radical (unpaired) electrons. The second-order valence-corrected chi connectivity index (χ2v) is 7.60. The van der Waals surface area contributed by atoms with Crippen molar-refractivity contribution in [1.82, 2.24) is 9.80 Å². The number of benzene rings is 1. The number of piperidine rings is 1. The van der Waals surface area contributed by atoms with E-state index in [1.54, 1.807) is 4.90 Å². The molecule has 1 aromatic carbocycles. The van der Waals surface area contributed by atoms with E-state index in [4.69, 9.17) is 4.74 Å². The number of nitrogens with zero attached hydrogens (tertiary/aromatic N) is 3. The van der Waals surface area contributed by atoms with Crippen LogP contribution in [-0.4, -0.2) is 68.3 Å². The third-order valence-corrected chi connectivity index (χ3v) is 5.48. The topological polar surface area (TPSA) is 19.0 Å². The van der Waals surface area contributed by atoms with E-state index >= 15 is 0 Å². The van der Waals surface area contributed by atoms with Crippen LogP contribution in [-0.2, 0) is 0 Å². The summed E-state index contributed by atoms with van der Waals surface area (Å²) in [5.41, 5.74) is 0.0804. The zero-order valence-electron chi connectivity index (χ0n) is 16.0. The summed E-state index contributed by atoms with van der Waals surface area (Å²) in [7, 11) is 0. The lowest BCUT2D eigenvalue weighted by atomic mass is 10.1. The number of ether oxygens (including phenoxy) is 1. The average Bonchev–Trinajstić information content (AvgIpc) is 2.62. The minimum Gasteiger partial charge on any atom is -0.492 e.